The average Bonchev–Trinajstić information content (AvgIpc) is 3.12. The summed E-state index contributed by atoms with van der Waals surface area (Å²) in [6, 6.07) is 28.2. The highest BCUT2D eigenvalue weighted by Gasteiger charge is 2.35. The monoisotopic (exact) mass is 624 g/mol. The summed E-state index contributed by atoms with van der Waals surface area (Å²) in [5, 5.41) is 3.96. The molecule has 0 unspecified atom stereocenters. The highest BCUT2D eigenvalue weighted by Crippen LogP contribution is 2.59. The van der Waals surface area contributed by atoms with Crippen molar-refractivity contribution in [3.63, 3.8) is 0 Å². The lowest BCUT2D eigenvalue weighted by molar-refractivity contribution is 0.111. The maximum absolute atomic E-state index is 13.4. The topological polar surface area (TPSA) is 89.9 Å². The lowest BCUT2D eigenvalue weighted by Crippen LogP contribution is -1.98. The molecule has 0 aliphatic carbocycles. The number of carbonyl (C=O) groups excluding carboxylic acids is 2. The van der Waals surface area contributed by atoms with E-state index >= 15 is 0 Å². The minimum atomic E-state index is -4.66. The highest BCUT2D eigenvalue weighted by atomic mass is 35.5. The Kier molecular flexibility index (Phi) is 6.60. The van der Waals surface area contributed by atoms with Crippen molar-refractivity contribution in [3.8, 4) is 44.9 Å². The number of hydrogen-bond donors (Lipinski definition) is 1. The lowest BCUT2D eigenvalue weighted by atomic mass is 9.86. The van der Waals surface area contributed by atoms with E-state index in [9.17, 15) is 19.0 Å². The molecule has 43 heavy (non-hydrogen) atoms. The zero-order valence-corrected chi connectivity index (χ0v) is 24.5. The summed E-state index contributed by atoms with van der Waals surface area (Å²) in [5.74, 6) is 0.293. The highest BCUT2D eigenvalue weighted by molar-refractivity contribution is 7.48. The van der Waals surface area contributed by atoms with Crippen molar-refractivity contribution >= 4 is 65.1 Å². The molecule has 6 aromatic rings. The van der Waals surface area contributed by atoms with Crippen LogP contribution < -0.4 is 9.05 Å². The summed E-state index contributed by atoms with van der Waals surface area (Å²) >= 11 is 13.0. The molecule has 0 saturated heterocycles. The molecule has 0 saturated carbocycles. The number of aldehydes is 2. The van der Waals surface area contributed by atoms with Gasteiger partial charge in [0.15, 0.2) is 0 Å². The van der Waals surface area contributed by atoms with E-state index in [2.05, 4.69) is 0 Å². The standard InChI is InChI=1S/C34H19Cl2O6P/c35-23-9-11-25-29(13-23)27(21-5-1-19(17-37)2-6-21)15-31-33(25)34-26-12-10-24(36)14-30(26)28(16-32(34)42-43(39,40)41-31)22-7-3-20(18-38)4-8-22/h1-18H,(H,39,40). The summed E-state index contributed by atoms with van der Waals surface area (Å²) in [6.07, 6.45) is 1.52. The van der Waals surface area contributed by atoms with Gasteiger partial charge < -0.3 is 9.05 Å². The first-order valence-electron chi connectivity index (χ1n) is 13.1. The molecule has 0 fully saturated rings. The normalized spacial score (nSPS) is 13.4. The Bertz CT molecular complexity index is 2020. The van der Waals surface area contributed by atoms with Crippen molar-refractivity contribution in [1.29, 1.82) is 0 Å². The first-order valence-corrected chi connectivity index (χ1v) is 15.4. The molecule has 0 atom stereocenters. The van der Waals surface area contributed by atoms with Gasteiger partial charge in [-0.3, -0.25) is 14.5 Å². The number of carbonyl (C=O) groups is 2. The van der Waals surface area contributed by atoms with Gasteiger partial charge in [0.1, 0.15) is 24.1 Å². The van der Waals surface area contributed by atoms with E-state index < -0.39 is 7.82 Å². The quantitative estimate of drug-likeness (QED) is 0.155. The van der Waals surface area contributed by atoms with Gasteiger partial charge in [-0.05, 0) is 80.2 Å². The predicted octanol–water partition coefficient (Wildman–Crippen LogP) is 9.80. The Morgan fingerprint density at radius 1 is 0.558 bits per heavy atom. The van der Waals surface area contributed by atoms with E-state index in [0.717, 1.165) is 34.5 Å². The summed E-state index contributed by atoms with van der Waals surface area (Å²) < 4.78 is 24.9. The lowest BCUT2D eigenvalue weighted by Gasteiger charge is -2.18. The van der Waals surface area contributed by atoms with Crippen LogP contribution in [-0.2, 0) is 4.57 Å². The second-order valence-electron chi connectivity index (χ2n) is 10.1. The SMILES string of the molecule is O=Cc1ccc(-c2cc3c(c4ccc(Cl)cc24)-c2c(cc(-c4ccc(C=O)cc4)c4cc(Cl)ccc24)OP(=O)(O)O3)cc1. The number of halogens is 2. The van der Waals surface area contributed by atoms with Crippen LogP contribution in [-0.4, -0.2) is 17.5 Å². The molecule has 0 amide bonds. The van der Waals surface area contributed by atoms with Crippen molar-refractivity contribution in [2.45, 2.75) is 0 Å². The molecule has 0 bridgehead atoms. The molecule has 9 heteroatoms. The maximum Gasteiger partial charge on any atom is 0.584 e. The van der Waals surface area contributed by atoms with Crippen LogP contribution in [0.5, 0.6) is 11.5 Å². The minimum Gasteiger partial charge on any atom is -0.394 e. The minimum absolute atomic E-state index is 0.146. The van der Waals surface area contributed by atoms with Gasteiger partial charge in [0.25, 0.3) is 0 Å². The van der Waals surface area contributed by atoms with Gasteiger partial charge >= 0.3 is 7.82 Å². The Morgan fingerprint density at radius 2 is 0.953 bits per heavy atom. The fraction of sp³-hybridized carbons (Fsp3) is 0. The predicted molar refractivity (Wildman–Crippen MR) is 170 cm³/mol. The van der Waals surface area contributed by atoms with Crippen molar-refractivity contribution in [2.75, 3.05) is 0 Å². The molecule has 210 valence electrons. The molecule has 0 spiro atoms. The number of phosphoric ester groups is 1. The molecule has 1 aliphatic heterocycles. The van der Waals surface area contributed by atoms with Crippen LogP contribution in [0.25, 0.3) is 54.9 Å². The number of benzene rings is 6. The third-order valence-corrected chi connectivity index (χ3v) is 8.84. The molecule has 0 radical (unpaired) electrons. The van der Waals surface area contributed by atoms with Gasteiger partial charge in [-0.15, -0.1) is 0 Å². The van der Waals surface area contributed by atoms with Crippen molar-refractivity contribution in [3.05, 3.63) is 118 Å². The second kappa shape index (κ2) is 10.4. The molecule has 1 heterocycles. The molecule has 1 N–H and O–H groups in total. The third-order valence-electron chi connectivity index (χ3n) is 7.52. The van der Waals surface area contributed by atoms with E-state index in [-0.39, 0.29) is 11.5 Å². The molecular weight excluding hydrogens is 606 g/mol. The summed E-state index contributed by atoms with van der Waals surface area (Å²) in [6.45, 7) is 0. The molecular formula is C34H19Cl2O6P. The van der Waals surface area contributed by atoms with Crippen LogP contribution in [0.2, 0.25) is 10.0 Å². The van der Waals surface area contributed by atoms with E-state index in [4.69, 9.17) is 32.2 Å². The van der Waals surface area contributed by atoms with Crippen molar-refractivity contribution < 1.29 is 28.1 Å². The van der Waals surface area contributed by atoms with Gasteiger partial charge in [-0.2, -0.15) is 0 Å². The fourth-order valence-corrected chi connectivity index (χ4v) is 6.80. The first-order chi connectivity index (χ1) is 20.7. The summed E-state index contributed by atoms with van der Waals surface area (Å²) in [7, 11) is -4.66. The Balaban J connectivity index is 1.60. The Hall–Kier alpha value is -4.45. The molecule has 0 aromatic heterocycles. The van der Waals surface area contributed by atoms with E-state index in [0.29, 0.717) is 54.2 Å². The maximum atomic E-state index is 13.4. The van der Waals surface area contributed by atoms with Gasteiger partial charge in [0.05, 0.1) is 0 Å². The Labute approximate surface area is 255 Å². The third kappa shape index (κ3) is 4.79. The number of rotatable bonds is 4. The zero-order valence-electron chi connectivity index (χ0n) is 22.1. The van der Waals surface area contributed by atoms with Crippen molar-refractivity contribution in [2.24, 2.45) is 0 Å². The summed E-state index contributed by atoms with van der Waals surface area (Å²) in [4.78, 5) is 33.5. The number of phosphoric acid groups is 1. The number of fused-ring (bicyclic) bond motifs is 7. The van der Waals surface area contributed by atoms with Crippen LogP contribution in [0, 0.1) is 0 Å². The first kappa shape index (κ1) is 27.4. The smallest absolute Gasteiger partial charge is 0.394 e. The fourth-order valence-electron chi connectivity index (χ4n) is 5.63. The largest absolute Gasteiger partial charge is 0.584 e. The van der Waals surface area contributed by atoms with Crippen LogP contribution in [0.1, 0.15) is 20.7 Å². The van der Waals surface area contributed by atoms with E-state index in [1.165, 1.54) is 0 Å². The van der Waals surface area contributed by atoms with Gasteiger partial charge in [0.2, 0.25) is 0 Å². The zero-order chi connectivity index (χ0) is 29.9. The Morgan fingerprint density at radius 3 is 1.33 bits per heavy atom. The molecule has 6 nitrogen and oxygen atoms in total. The van der Waals surface area contributed by atoms with Crippen LogP contribution in [0.3, 0.4) is 0 Å². The van der Waals surface area contributed by atoms with Gasteiger partial charge in [0, 0.05) is 32.3 Å². The molecule has 1 aliphatic rings. The van der Waals surface area contributed by atoms with Crippen LogP contribution in [0.4, 0.5) is 0 Å². The van der Waals surface area contributed by atoms with Crippen LogP contribution >= 0.6 is 31.0 Å². The van der Waals surface area contributed by atoms with Crippen molar-refractivity contribution in [1.82, 2.24) is 0 Å². The second-order valence-corrected chi connectivity index (χ2v) is 12.3. The van der Waals surface area contributed by atoms with E-state index in [1.54, 1.807) is 72.8 Å². The van der Waals surface area contributed by atoms with Crippen LogP contribution in [0.15, 0.2) is 97.1 Å². The average molecular weight is 625 g/mol. The molecule has 6 aromatic carbocycles. The van der Waals surface area contributed by atoms with Gasteiger partial charge in [-0.1, -0.05) is 83.9 Å². The molecule has 7 rings (SSSR count). The van der Waals surface area contributed by atoms with Gasteiger partial charge in [-0.25, -0.2) is 4.57 Å². The van der Waals surface area contributed by atoms with E-state index in [1.807, 2.05) is 24.3 Å². The number of hydrogen-bond acceptors (Lipinski definition) is 5. The summed E-state index contributed by atoms with van der Waals surface area (Å²) in [5.41, 5.74) is 5.03.